The molecule has 1 aromatic heterocycles. The minimum absolute atomic E-state index is 0.114. The molecule has 1 saturated heterocycles. The number of nitrogens with zero attached hydrogens (tertiary/aromatic N) is 1. The van der Waals surface area contributed by atoms with Crippen molar-refractivity contribution in [3.63, 3.8) is 0 Å². The highest BCUT2D eigenvalue weighted by Gasteiger charge is 2.36. The quantitative estimate of drug-likeness (QED) is 0.319. The fourth-order valence-corrected chi connectivity index (χ4v) is 4.32. The van der Waals surface area contributed by atoms with Crippen LogP contribution in [0.2, 0.25) is 0 Å². The molecule has 5 rings (SSSR count). The molecule has 1 aliphatic rings. The van der Waals surface area contributed by atoms with Crippen molar-refractivity contribution < 1.29 is 27.9 Å². The van der Waals surface area contributed by atoms with Crippen molar-refractivity contribution in [3.05, 3.63) is 83.9 Å². The predicted molar refractivity (Wildman–Crippen MR) is 136 cm³/mol. The van der Waals surface area contributed by atoms with Crippen LogP contribution in [0.3, 0.4) is 0 Å². The van der Waals surface area contributed by atoms with Crippen LogP contribution in [0.5, 0.6) is 5.75 Å². The molecule has 2 heterocycles. The van der Waals surface area contributed by atoms with Crippen molar-refractivity contribution in [2.24, 2.45) is 0 Å². The highest BCUT2D eigenvalue weighted by molar-refractivity contribution is 5.89. The van der Waals surface area contributed by atoms with Gasteiger partial charge in [0, 0.05) is 18.7 Å². The third kappa shape index (κ3) is 5.78. The van der Waals surface area contributed by atoms with Gasteiger partial charge in [0.2, 0.25) is 0 Å². The van der Waals surface area contributed by atoms with E-state index in [4.69, 9.17) is 13.9 Å². The Morgan fingerprint density at radius 1 is 1.11 bits per heavy atom. The molecule has 37 heavy (non-hydrogen) atoms. The van der Waals surface area contributed by atoms with Crippen LogP contribution in [0, 0.1) is 0 Å². The molecule has 0 spiro atoms. The number of methoxy groups -OCH3 is 1. The second-order valence-corrected chi connectivity index (χ2v) is 8.85. The first-order valence-corrected chi connectivity index (χ1v) is 12.0. The lowest BCUT2D eigenvalue weighted by Crippen LogP contribution is -2.45. The first kappa shape index (κ1) is 24.5. The van der Waals surface area contributed by atoms with Gasteiger partial charge in [-0.25, -0.2) is 9.18 Å². The van der Waals surface area contributed by atoms with Gasteiger partial charge in [0.25, 0.3) is 6.01 Å². The van der Waals surface area contributed by atoms with E-state index < -0.39 is 24.3 Å². The smallest absolute Gasteiger partial charge is 0.337 e. The minimum atomic E-state index is -1.04. The number of halogens is 1. The Kier molecular flexibility index (Phi) is 7.14. The Labute approximate surface area is 212 Å². The SMILES string of the molecule is COC(=O)c1ccc(OC(C(=O)Cc2ccc(Nc3nc4ccccc4o3)cc2)[C@@H]2C[C@H](F)CN2)cc1. The number of hydrogen-bond acceptors (Lipinski definition) is 8. The summed E-state index contributed by atoms with van der Waals surface area (Å²) in [4.78, 5) is 29.4. The largest absolute Gasteiger partial charge is 0.481 e. The molecule has 190 valence electrons. The zero-order chi connectivity index (χ0) is 25.8. The topological polar surface area (TPSA) is 103 Å². The standard InChI is InChI=1S/C28H26FN3O5/c1-35-27(34)18-8-12-21(13-9-18)36-26(23-15-19(29)16-30-23)24(33)14-17-6-10-20(11-7-17)31-28-32-22-4-2-3-5-25(22)37-28/h2-13,19,23,26,30H,14-16H2,1H3,(H,31,32)/t19-,23-,26?/m0/s1. The van der Waals surface area contributed by atoms with E-state index in [1.54, 1.807) is 24.3 Å². The highest BCUT2D eigenvalue weighted by Crippen LogP contribution is 2.24. The predicted octanol–water partition coefficient (Wildman–Crippen LogP) is 4.62. The Balaban J connectivity index is 1.26. The zero-order valence-corrected chi connectivity index (χ0v) is 20.1. The Morgan fingerprint density at radius 2 is 1.86 bits per heavy atom. The van der Waals surface area contributed by atoms with Crippen LogP contribution < -0.4 is 15.4 Å². The Bertz CT molecular complexity index is 1350. The molecule has 2 N–H and O–H groups in total. The molecular weight excluding hydrogens is 477 g/mol. The van der Waals surface area contributed by atoms with Crippen LogP contribution in [0.25, 0.3) is 11.1 Å². The molecule has 0 bridgehead atoms. The number of ether oxygens (including phenoxy) is 2. The summed E-state index contributed by atoms with van der Waals surface area (Å²) < 4.78 is 30.4. The Hall–Kier alpha value is -4.24. The number of esters is 1. The average molecular weight is 504 g/mol. The van der Waals surface area contributed by atoms with Crippen LogP contribution in [-0.2, 0) is 16.0 Å². The van der Waals surface area contributed by atoms with Gasteiger partial charge in [-0.2, -0.15) is 4.98 Å². The van der Waals surface area contributed by atoms with Crippen molar-refractivity contribution >= 4 is 34.6 Å². The van der Waals surface area contributed by atoms with Gasteiger partial charge in [0.05, 0.1) is 18.7 Å². The van der Waals surface area contributed by atoms with Gasteiger partial charge in [0.1, 0.15) is 17.4 Å². The van der Waals surface area contributed by atoms with E-state index in [1.165, 1.54) is 7.11 Å². The van der Waals surface area contributed by atoms with Crippen LogP contribution >= 0.6 is 0 Å². The van der Waals surface area contributed by atoms with Gasteiger partial charge in [0.15, 0.2) is 17.5 Å². The maximum atomic E-state index is 13.9. The van der Waals surface area contributed by atoms with Crippen LogP contribution in [0.15, 0.2) is 77.2 Å². The van der Waals surface area contributed by atoms with E-state index in [2.05, 4.69) is 15.6 Å². The lowest BCUT2D eigenvalue weighted by atomic mass is 9.98. The summed E-state index contributed by atoms with van der Waals surface area (Å²) >= 11 is 0. The number of carbonyl (C=O) groups excluding carboxylic acids is 2. The van der Waals surface area contributed by atoms with Crippen molar-refractivity contribution in [2.75, 3.05) is 19.0 Å². The summed E-state index contributed by atoms with van der Waals surface area (Å²) in [6, 6.07) is 21.1. The van der Waals surface area contributed by atoms with Gasteiger partial charge in [-0.05, 0) is 60.5 Å². The number of carbonyl (C=O) groups is 2. The number of rotatable bonds is 9. The number of anilines is 2. The molecule has 1 aliphatic heterocycles. The molecule has 1 fully saturated rings. The summed E-state index contributed by atoms with van der Waals surface area (Å²) in [5, 5.41) is 6.18. The number of benzene rings is 3. The maximum Gasteiger partial charge on any atom is 0.337 e. The van der Waals surface area contributed by atoms with Gasteiger partial charge in [-0.15, -0.1) is 0 Å². The van der Waals surface area contributed by atoms with Crippen molar-refractivity contribution in [2.45, 2.75) is 31.2 Å². The third-order valence-electron chi connectivity index (χ3n) is 6.21. The van der Waals surface area contributed by atoms with E-state index in [-0.39, 0.29) is 25.2 Å². The summed E-state index contributed by atoms with van der Waals surface area (Å²) in [7, 11) is 1.30. The van der Waals surface area contributed by atoms with E-state index in [1.807, 2.05) is 48.5 Å². The minimum Gasteiger partial charge on any atom is -0.481 e. The number of Topliss-reactive ketones (excluding diaryl/α,β-unsaturated/α-hetero) is 1. The summed E-state index contributed by atoms with van der Waals surface area (Å²) in [5.74, 6) is -0.234. The number of aromatic nitrogens is 1. The second-order valence-electron chi connectivity index (χ2n) is 8.85. The maximum absolute atomic E-state index is 13.9. The molecule has 0 saturated carbocycles. The fraction of sp³-hybridized carbons (Fsp3) is 0.250. The molecular formula is C28H26FN3O5. The van der Waals surface area contributed by atoms with Crippen LogP contribution in [-0.4, -0.2) is 48.7 Å². The van der Waals surface area contributed by atoms with Crippen LogP contribution in [0.4, 0.5) is 16.1 Å². The van der Waals surface area contributed by atoms with E-state index in [9.17, 15) is 14.0 Å². The van der Waals surface area contributed by atoms with E-state index in [0.29, 0.717) is 22.9 Å². The average Bonchev–Trinajstić information content (AvgIpc) is 3.53. The van der Waals surface area contributed by atoms with Gasteiger partial charge >= 0.3 is 5.97 Å². The molecule has 3 atom stereocenters. The number of alkyl halides is 1. The van der Waals surface area contributed by atoms with E-state index in [0.717, 1.165) is 16.8 Å². The van der Waals surface area contributed by atoms with Gasteiger partial charge in [-0.1, -0.05) is 24.3 Å². The number of ketones is 1. The number of hydrogen-bond donors (Lipinski definition) is 2. The number of oxazole rings is 1. The van der Waals surface area contributed by atoms with Crippen molar-refractivity contribution in [3.8, 4) is 5.75 Å². The van der Waals surface area contributed by atoms with Crippen molar-refractivity contribution in [1.82, 2.24) is 10.3 Å². The lowest BCUT2D eigenvalue weighted by Gasteiger charge is -2.24. The van der Waals surface area contributed by atoms with Gasteiger partial charge < -0.3 is 24.5 Å². The summed E-state index contributed by atoms with van der Waals surface area (Å²) in [5.41, 5.74) is 3.37. The monoisotopic (exact) mass is 503 g/mol. The molecule has 4 aromatic rings. The summed E-state index contributed by atoms with van der Waals surface area (Å²) in [6.07, 6.45) is -1.63. The van der Waals surface area contributed by atoms with Crippen molar-refractivity contribution in [1.29, 1.82) is 0 Å². The molecule has 1 unspecified atom stereocenters. The Morgan fingerprint density at radius 3 is 2.54 bits per heavy atom. The van der Waals surface area contributed by atoms with Gasteiger partial charge in [-0.3, -0.25) is 4.79 Å². The molecule has 0 aliphatic carbocycles. The fourth-order valence-electron chi connectivity index (χ4n) is 4.32. The lowest BCUT2D eigenvalue weighted by molar-refractivity contribution is -0.126. The van der Waals surface area contributed by atoms with Crippen LogP contribution in [0.1, 0.15) is 22.3 Å². The first-order valence-electron chi connectivity index (χ1n) is 12.0. The molecule has 9 heteroatoms. The summed E-state index contributed by atoms with van der Waals surface area (Å²) in [6.45, 7) is 0.176. The van der Waals surface area contributed by atoms with E-state index >= 15 is 0 Å². The highest BCUT2D eigenvalue weighted by atomic mass is 19.1. The number of fused-ring (bicyclic) bond motifs is 1. The zero-order valence-electron chi connectivity index (χ0n) is 20.1. The number of nitrogens with one attached hydrogen (secondary N) is 2. The third-order valence-corrected chi connectivity index (χ3v) is 6.21. The molecule has 0 amide bonds. The molecule has 8 nitrogen and oxygen atoms in total. The molecule has 0 radical (unpaired) electrons. The second kappa shape index (κ2) is 10.8. The number of para-hydroxylation sites is 2. The first-order chi connectivity index (χ1) is 18.0. The molecule has 3 aromatic carbocycles. The normalized spacial score (nSPS) is 17.9.